The van der Waals surface area contributed by atoms with Crippen molar-refractivity contribution in [2.75, 3.05) is 19.6 Å². The highest BCUT2D eigenvalue weighted by Gasteiger charge is 2.42. The monoisotopic (exact) mass is 452 g/mol. The summed E-state index contributed by atoms with van der Waals surface area (Å²) in [5.41, 5.74) is 0. The zero-order valence-corrected chi connectivity index (χ0v) is 18.9. The molecule has 1 saturated heterocycles. The minimum absolute atomic E-state index is 0.350. The largest absolute Gasteiger partial charge is 0.452 e. The molecule has 1 aliphatic heterocycles. The first-order chi connectivity index (χ1) is 16.1. The molecule has 0 spiro atoms. The summed E-state index contributed by atoms with van der Waals surface area (Å²) in [6.45, 7) is 1.33. The second-order valence-corrected chi connectivity index (χ2v) is 8.77. The molecule has 2 aromatic rings. The smallest absolute Gasteiger partial charge is 0.415 e. The zero-order valence-electron chi connectivity index (χ0n) is 18.9. The Morgan fingerprint density at radius 2 is 1.48 bits per heavy atom. The summed E-state index contributed by atoms with van der Waals surface area (Å²) in [6, 6.07) is 18.3. The Bertz CT molecular complexity index is 891. The van der Waals surface area contributed by atoms with Crippen LogP contribution in [0.2, 0.25) is 0 Å². The van der Waals surface area contributed by atoms with Gasteiger partial charge in [-0.1, -0.05) is 55.7 Å². The van der Waals surface area contributed by atoms with Crippen molar-refractivity contribution in [2.45, 2.75) is 50.7 Å². The molecule has 2 fully saturated rings. The van der Waals surface area contributed by atoms with Gasteiger partial charge in [-0.25, -0.2) is 9.59 Å². The second kappa shape index (κ2) is 11.1. The molecular weight excluding hydrogens is 420 g/mol. The van der Waals surface area contributed by atoms with E-state index in [1.54, 1.807) is 17.0 Å². The highest BCUT2D eigenvalue weighted by atomic mass is 16.7. The van der Waals surface area contributed by atoms with E-state index in [1.807, 2.05) is 48.5 Å². The van der Waals surface area contributed by atoms with Crippen molar-refractivity contribution in [3.8, 4) is 11.5 Å². The number of piperidine rings is 1. The third-order valence-electron chi connectivity index (χ3n) is 6.32. The summed E-state index contributed by atoms with van der Waals surface area (Å²) in [5, 5.41) is 2.93. The molecule has 7 nitrogen and oxygen atoms in total. The first-order valence-corrected chi connectivity index (χ1v) is 11.8. The van der Waals surface area contributed by atoms with Gasteiger partial charge in [-0.15, -0.1) is 0 Å². The quantitative estimate of drug-likeness (QED) is 0.597. The van der Waals surface area contributed by atoms with E-state index < -0.39 is 18.0 Å². The van der Waals surface area contributed by atoms with E-state index in [4.69, 9.17) is 14.2 Å². The van der Waals surface area contributed by atoms with Gasteiger partial charge >= 0.3 is 12.2 Å². The lowest BCUT2D eigenvalue weighted by atomic mass is 9.89. The second-order valence-electron chi connectivity index (χ2n) is 8.77. The lowest BCUT2D eigenvalue weighted by Crippen LogP contribution is -2.53. The highest BCUT2D eigenvalue weighted by molar-refractivity contribution is 5.71. The van der Waals surface area contributed by atoms with Gasteiger partial charge in [-0.3, -0.25) is 0 Å². The molecule has 0 atom stereocenters. The van der Waals surface area contributed by atoms with Crippen LogP contribution < -0.4 is 14.8 Å². The van der Waals surface area contributed by atoms with Crippen LogP contribution in [0, 0.1) is 5.92 Å². The summed E-state index contributed by atoms with van der Waals surface area (Å²) in [5.74, 6) is 0.490. The van der Waals surface area contributed by atoms with E-state index in [0.29, 0.717) is 49.9 Å². The number of hydrogen-bond acceptors (Lipinski definition) is 5. The van der Waals surface area contributed by atoms with Crippen molar-refractivity contribution < 1.29 is 23.8 Å². The molecular formula is C26H32N2O5. The summed E-state index contributed by atoms with van der Waals surface area (Å²) < 4.78 is 17.5. The number of para-hydroxylation sites is 2. The Morgan fingerprint density at radius 1 is 0.879 bits per heavy atom. The molecule has 0 bridgehead atoms. The van der Waals surface area contributed by atoms with E-state index in [1.165, 1.54) is 19.3 Å². The van der Waals surface area contributed by atoms with Crippen LogP contribution in [0.3, 0.4) is 0 Å². The summed E-state index contributed by atoms with van der Waals surface area (Å²) in [7, 11) is 0. The topological polar surface area (TPSA) is 77.1 Å². The average molecular weight is 453 g/mol. The van der Waals surface area contributed by atoms with Crippen LogP contribution in [0.15, 0.2) is 60.7 Å². The molecule has 2 aliphatic rings. The molecule has 2 amide bonds. The fraction of sp³-hybridized carbons (Fsp3) is 0.462. The Hall–Kier alpha value is -3.22. The predicted molar refractivity (Wildman–Crippen MR) is 124 cm³/mol. The van der Waals surface area contributed by atoms with Crippen molar-refractivity contribution in [1.29, 1.82) is 0 Å². The van der Waals surface area contributed by atoms with Crippen molar-refractivity contribution >= 4 is 12.2 Å². The fourth-order valence-corrected chi connectivity index (χ4v) is 4.44. The SMILES string of the molecule is O=C(NCC1CCCCC1)OC1(Oc2ccccc2)CCN(C(=O)Oc2ccccc2)CC1. The van der Waals surface area contributed by atoms with Gasteiger partial charge < -0.3 is 24.4 Å². The van der Waals surface area contributed by atoms with Gasteiger partial charge in [0.2, 0.25) is 0 Å². The number of likely N-dealkylation sites (tertiary alicyclic amines) is 1. The van der Waals surface area contributed by atoms with Crippen LogP contribution in [0.25, 0.3) is 0 Å². The van der Waals surface area contributed by atoms with Crippen molar-refractivity contribution in [3.63, 3.8) is 0 Å². The van der Waals surface area contributed by atoms with Gasteiger partial charge in [0.1, 0.15) is 11.5 Å². The van der Waals surface area contributed by atoms with Gasteiger partial charge in [0.05, 0.1) is 0 Å². The van der Waals surface area contributed by atoms with Gasteiger partial charge in [0.25, 0.3) is 5.79 Å². The predicted octanol–water partition coefficient (Wildman–Crippen LogP) is 5.36. The molecule has 0 unspecified atom stereocenters. The van der Waals surface area contributed by atoms with Crippen LogP contribution in [-0.4, -0.2) is 42.5 Å². The average Bonchev–Trinajstić information content (AvgIpc) is 2.85. The molecule has 4 rings (SSSR count). The van der Waals surface area contributed by atoms with Gasteiger partial charge in [0.15, 0.2) is 0 Å². The molecule has 1 aliphatic carbocycles. The summed E-state index contributed by atoms with van der Waals surface area (Å²) in [4.78, 5) is 26.9. The Labute approximate surface area is 195 Å². The lowest BCUT2D eigenvalue weighted by molar-refractivity contribution is -0.166. The van der Waals surface area contributed by atoms with E-state index in [0.717, 1.165) is 12.8 Å². The van der Waals surface area contributed by atoms with E-state index in [-0.39, 0.29) is 0 Å². The summed E-state index contributed by atoms with van der Waals surface area (Å²) in [6.07, 6.45) is 5.81. The van der Waals surface area contributed by atoms with Gasteiger partial charge in [0, 0.05) is 32.5 Å². The Morgan fingerprint density at radius 3 is 2.12 bits per heavy atom. The number of carbonyl (C=O) groups is 2. The number of rotatable bonds is 6. The van der Waals surface area contributed by atoms with Crippen molar-refractivity contribution in [2.24, 2.45) is 5.92 Å². The minimum Gasteiger partial charge on any atom is -0.452 e. The van der Waals surface area contributed by atoms with E-state index >= 15 is 0 Å². The van der Waals surface area contributed by atoms with Crippen molar-refractivity contribution in [1.82, 2.24) is 10.2 Å². The zero-order chi connectivity index (χ0) is 22.9. The molecule has 33 heavy (non-hydrogen) atoms. The van der Waals surface area contributed by atoms with Crippen LogP contribution in [0.4, 0.5) is 9.59 Å². The molecule has 2 aromatic carbocycles. The number of carbonyl (C=O) groups excluding carboxylic acids is 2. The highest BCUT2D eigenvalue weighted by Crippen LogP contribution is 2.31. The number of ether oxygens (including phenoxy) is 3. The molecule has 1 heterocycles. The number of benzene rings is 2. The maximum atomic E-state index is 12.7. The van der Waals surface area contributed by atoms with Crippen molar-refractivity contribution in [3.05, 3.63) is 60.7 Å². The molecule has 1 N–H and O–H groups in total. The molecule has 176 valence electrons. The van der Waals surface area contributed by atoms with Crippen LogP contribution >= 0.6 is 0 Å². The van der Waals surface area contributed by atoms with E-state index in [9.17, 15) is 9.59 Å². The Balaban J connectivity index is 1.36. The standard InChI is InChI=1S/C26H32N2O5/c29-24(27-20-21-10-4-1-5-11-21)33-26(32-23-14-8-3-9-15-23)16-18-28(19-17-26)25(30)31-22-12-6-2-7-13-22/h2-3,6-9,12-15,21H,1,4-5,10-11,16-20H2,(H,27,29). The fourth-order valence-electron chi connectivity index (χ4n) is 4.44. The summed E-state index contributed by atoms with van der Waals surface area (Å²) >= 11 is 0. The number of nitrogens with one attached hydrogen (secondary N) is 1. The maximum absolute atomic E-state index is 12.7. The first-order valence-electron chi connectivity index (χ1n) is 11.8. The van der Waals surface area contributed by atoms with E-state index in [2.05, 4.69) is 5.32 Å². The minimum atomic E-state index is -1.14. The normalized spacial score (nSPS) is 18.2. The van der Waals surface area contributed by atoms with Gasteiger partial charge in [-0.05, 0) is 43.0 Å². The van der Waals surface area contributed by atoms with Crippen LogP contribution in [0.1, 0.15) is 44.9 Å². The Kier molecular flexibility index (Phi) is 7.70. The van der Waals surface area contributed by atoms with Crippen LogP contribution in [0.5, 0.6) is 11.5 Å². The number of nitrogens with zero attached hydrogens (tertiary/aromatic N) is 1. The van der Waals surface area contributed by atoms with Crippen LogP contribution in [-0.2, 0) is 4.74 Å². The maximum Gasteiger partial charge on any atom is 0.415 e. The molecule has 7 heteroatoms. The number of hydrogen-bond donors (Lipinski definition) is 1. The number of amides is 2. The lowest BCUT2D eigenvalue weighted by Gasteiger charge is -2.40. The molecule has 1 saturated carbocycles. The number of alkyl carbamates (subject to hydrolysis) is 1. The van der Waals surface area contributed by atoms with Gasteiger partial charge in [-0.2, -0.15) is 0 Å². The molecule has 0 aromatic heterocycles. The molecule has 0 radical (unpaired) electrons. The third-order valence-corrected chi connectivity index (χ3v) is 6.32. The first kappa shape index (κ1) is 23.0. The third kappa shape index (κ3) is 6.63.